The molecular formula is C23H29GeN2+. The summed E-state index contributed by atoms with van der Waals surface area (Å²) in [5.41, 5.74) is 8.70. The molecule has 0 bridgehead atoms. The molecule has 3 heteroatoms. The summed E-state index contributed by atoms with van der Waals surface area (Å²) in [6.45, 7) is 6.35. The predicted molar refractivity (Wildman–Crippen MR) is 113 cm³/mol. The van der Waals surface area contributed by atoms with Gasteiger partial charge < -0.3 is 0 Å². The van der Waals surface area contributed by atoms with E-state index in [2.05, 4.69) is 103 Å². The van der Waals surface area contributed by atoms with Gasteiger partial charge in [0.05, 0.1) is 0 Å². The second-order valence-corrected chi connectivity index (χ2v) is 18.9. The first-order chi connectivity index (χ1) is 12.2. The van der Waals surface area contributed by atoms with Crippen molar-refractivity contribution in [3.63, 3.8) is 0 Å². The van der Waals surface area contributed by atoms with Crippen LogP contribution >= 0.6 is 0 Å². The molecule has 0 aliphatic carbocycles. The summed E-state index contributed by atoms with van der Waals surface area (Å²) < 4.78 is 3.84. The Bertz CT molecular complexity index is 948. The topological polar surface area (TPSA) is 16.8 Å². The molecule has 0 saturated carbocycles. The van der Waals surface area contributed by atoms with Gasteiger partial charge in [0, 0.05) is 0 Å². The van der Waals surface area contributed by atoms with Gasteiger partial charge in [0.15, 0.2) is 0 Å². The van der Waals surface area contributed by atoms with Gasteiger partial charge in [-0.3, -0.25) is 0 Å². The molecule has 2 aromatic heterocycles. The SMILES string of the molecule is Cc1cc(-c2cc(-c3ccccc3C)[n+](C)c[c]2[Ge]([CH3])([CH3])[CH3])cc(C)n1. The van der Waals surface area contributed by atoms with Gasteiger partial charge in [0.25, 0.3) is 0 Å². The summed E-state index contributed by atoms with van der Waals surface area (Å²) >= 11 is -2.05. The Hall–Kier alpha value is -1.94. The summed E-state index contributed by atoms with van der Waals surface area (Å²) in [4.78, 5) is 4.57. The third-order valence-electron chi connectivity index (χ3n) is 4.90. The molecule has 2 nitrogen and oxygen atoms in total. The van der Waals surface area contributed by atoms with Crippen molar-refractivity contribution >= 4 is 17.7 Å². The molecule has 1 aromatic carbocycles. The van der Waals surface area contributed by atoms with E-state index in [1.165, 1.54) is 32.3 Å². The normalized spacial score (nSPS) is 11.7. The van der Waals surface area contributed by atoms with Gasteiger partial charge in [0.2, 0.25) is 0 Å². The van der Waals surface area contributed by atoms with Crippen molar-refractivity contribution in [1.29, 1.82) is 0 Å². The van der Waals surface area contributed by atoms with E-state index in [-0.39, 0.29) is 0 Å². The molecule has 0 aliphatic rings. The zero-order valence-electron chi connectivity index (χ0n) is 17.0. The van der Waals surface area contributed by atoms with Crippen LogP contribution < -0.4 is 8.96 Å². The monoisotopic (exact) mass is 407 g/mol. The molecule has 0 atom stereocenters. The van der Waals surface area contributed by atoms with Crippen LogP contribution in [0.5, 0.6) is 0 Å². The number of pyridine rings is 2. The molecule has 3 aromatic rings. The zero-order chi connectivity index (χ0) is 19.1. The number of hydrogen-bond acceptors (Lipinski definition) is 1. The van der Waals surface area contributed by atoms with E-state index in [1.54, 1.807) is 0 Å². The van der Waals surface area contributed by atoms with Crippen LogP contribution in [0.4, 0.5) is 0 Å². The first-order valence-corrected chi connectivity index (χ1v) is 16.6. The van der Waals surface area contributed by atoms with Crippen molar-refractivity contribution in [2.24, 2.45) is 7.05 Å². The zero-order valence-corrected chi connectivity index (χ0v) is 19.1. The van der Waals surface area contributed by atoms with Crippen molar-refractivity contribution in [2.75, 3.05) is 0 Å². The molecule has 2 heterocycles. The fourth-order valence-electron chi connectivity index (χ4n) is 3.60. The van der Waals surface area contributed by atoms with Crippen LogP contribution in [0.25, 0.3) is 22.4 Å². The van der Waals surface area contributed by atoms with Crippen LogP contribution in [0.2, 0.25) is 17.3 Å². The molecule has 0 unspecified atom stereocenters. The van der Waals surface area contributed by atoms with Gasteiger partial charge in [-0.25, -0.2) is 0 Å². The average Bonchev–Trinajstić information content (AvgIpc) is 2.53. The molecule has 0 spiro atoms. The van der Waals surface area contributed by atoms with E-state index in [9.17, 15) is 0 Å². The molecule has 0 aliphatic heterocycles. The minimum atomic E-state index is -2.05. The predicted octanol–water partition coefficient (Wildman–Crippen LogP) is 4.71. The molecule has 26 heavy (non-hydrogen) atoms. The van der Waals surface area contributed by atoms with Gasteiger partial charge in [0.1, 0.15) is 0 Å². The molecule has 0 amide bonds. The van der Waals surface area contributed by atoms with Crippen LogP contribution in [0.1, 0.15) is 17.0 Å². The van der Waals surface area contributed by atoms with Crippen LogP contribution in [0, 0.1) is 20.8 Å². The molecule has 134 valence electrons. The number of aryl methyl sites for hydroxylation is 4. The average molecular weight is 406 g/mol. The minimum absolute atomic E-state index is 1.08. The van der Waals surface area contributed by atoms with E-state index in [0.717, 1.165) is 11.4 Å². The van der Waals surface area contributed by atoms with Crippen LogP contribution in [-0.2, 0) is 7.05 Å². The van der Waals surface area contributed by atoms with Crippen LogP contribution in [0.3, 0.4) is 0 Å². The number of hydrogen-bond donors (Lipinski definition) is 0. The maximum absolute atomic E-state index is 4.57. The second-order valence-electron chi connectivity index (χ2n) is 8.30. The fraction of sp³-hybridized carbons (Fsp3) is 0.304. The molecule has 0 radical (unpaired) electrons. The van der Waals surface area contributed by atoms with E-state index in [4.69, 9.17) is 0 Å². The van der Waals surface area contributed by atoms with Crippen LogP contribution in [0.15, 0.2) is 48.7 Å². The van der Waals surface area contributed by atoms with Gasteiger partial charge >= 0.3 is 160 Å². The van der Waals surface area contributed by atoms with Gasteiger partial charge in [-0.15, -0.1) is 0 Å². The van der Waals surface area contributed by atoms with E-state index < -0.39 is 13.3 Å². The Morgan fingerprint density at radius 3 is 2.04 bits per heavy atom. The van der Waals surface area contributed by atoms with Crippen molar-refractivity contribution in [3.05, 3.63) is 65.6 Å². The molecular weight excluding hydrogens is 377 g/mol. The van der Waals surface area contributed by atoms with Gasteiger partial charge in [-0.1, -0.05) is 0 Å². The number of rotatable bonds is 3. The Morgan fingerprint density at radius 1 is 0.846 bits per heavy atom. The van der Waals surface area contributed by atoms with Crippen molar-refractivity contribution in [2.45, 2.75) is 38.0 Å². The summed E-state index contributed by atoms with van der Waals surface area (Å²) in [5.74, 6) is 7.40. The van der Waals surface area contributed by atoms with E-state index in [0.29, 0.717) is 0 Å². The third kappa shape index (κ3) is 3.75. The van der Waals surface area contributed by atoms with Gasteiger partial charge in [-0.05, 0) is 0 Å². The Kier molecular flexibility index (Phi) is 5.07. The summed E-state index contributed by atoms with van der Waals surface area (Å²) in [6, 6.07) is 15.5. The summed E-state index contributed by atoms with van der Waals surface area (Å²) in [7, 11) is 2.17. The first-order valence-electron chi connectivity index (χ1n) is 9.22. The van der Waals surface area contributed by atoms with Crippen molar-refractivity contribution in [1.82, 2.24) is 4.98 Å². The molecule has 3 rings (SSSR count). The van der Waals surface area contributed by atoms with E-state index in [1.807, 2.05) is 0 Å². The Labute approximate surface area is 160 Å². The fourth-order valence-corrected chi connectivity index (χ4v) is 6.97. The molecule has 0 N–H and O–H groups in total. The van der Waals surface area contributed by atoms with Crippen molar-refractivity contribution in [3.8, 4) is 22.4 Å². The molecule has 0 saturated heterocycles. The Balaban J connectivity index is 2.33. The maximum atomic E-state index is 4.57. The number of nitrogens with zero attached hydrogens (tertiary/aromatic N) is 2. The van der Waals surface area contributed by atoms with E-state index >= 15 is 0 Å². The quantitative estimate of drug-likeness (QED) is 0.455. The summed E-state index contributed by atoms with van der Waals surface area (Å²) in [6.07, 6.45) is 2.38. The second kappa shape index (κ2) is 6.99. The number of aromatic nitrogens is 2. The standard InChI is InChI=1S/C23H29GeN2/c1-16-10-8-9-11-20(16)23-14-21(19-12-17(2)25-18(3)13-19)22(15-26(23)7)24(4,5)6/h8-15H,1-7H3/q+1. The van der Waals surface area contributed by atoms with Crippen LogP contribution in [-0.4, -0.2) is 18.3 Å². The first kappa shape index (κ1) is 18.8. The van der Waals surface area contributed by atoms with Crippen molar-refractivity contribution < 1.29 is 4.57 Å². The summed E-state index contributed by atoms with van der Waals surface area (Å²) in [5, 5.41) is 0. The third-order valence-corrected chi connectivity index (χ3v) is 9.12. The Morgan fingerprint density at radius 2 is 1.46 bits per heavy atom. The number of benzene rings is 1. The molecule has 0 fully saturated rings. The van der Waals surface area contributed by atoms with Gasteiger partial charge in [-0.2, -0.15) is 0 Å².